The van der Waals surface area contributed by atoms with E-state index in [-0.39, 0.29) is 0 Å². The molecular weight excluding hydrogens is 222 g/mol. The second-order valence-electron chi connectivity index (χ2n) is 4.53. The lowest BCUT2D eigenvalue weighted by atomic mass is 10.1. The summed E-state index contributed by atoms with van der Waals surface area (Å²) < 4.78 is 0. The minimum absolute atomic E-state index is 0.537. The van der Waals surface area contributed by atoms with Crippen molar-refractivity contribution in [1.82, 2.24) is 9.97 Å². The van der Waals surface area contributed by atoms with Gasteiger partial charge in [0.05, 0.1) is 11.4 Å². The van der Waals surface area contributed by atoms with Gasteiger partial charge in [0.2, 0.25) is 0 Å². The summed E-state index contributed by atoms with van der Waals surface area (Å²) in [5.41, 5.74) is 11.1. The van der Waals surface area contributed by atoms with Gasteiger partial charge in [0, 0.05) is 23.6 Å². The Labute approximate surface area is 106 Å². The van der Waals surface area contributed by atoms with Gasteiger partial charge in [0.1, 0.15) is 0 Å². The third kappa shape index (κ3) is 1.89. The number of aromatic nitrogens is 2. The average molecular weight is 237 g/mol. The molecule has 90 valence electrons. The van der Waals surface area contributed by atoms with Crippen molar-refractivity contribution in [1.29, 1.82) is 0 Å². The molecule has 0 atom stereocenters. The van der Waals surface area contributed by atoms with Gasteiger partial charge in [-0.2, -0.15) is 0 Å². The Kier molecular flexibility index (Phi) is 2.61. The van der Waals surface area contributed by atoms with Crippen LogP contribution in [0.4, 0.5) is 0 Å². The number of aromatic amines is 1. The van der Waals surface area contributed by atoms with Crippen molar-refractivity contribution in [3.63, 3.8) is 0 Å². The molecule has 0 saturated heterocycles. The molecule has 0 aliphatic rings. The maximum absolute atomic E-state index is 5.65. The maximum atomic E-state index is 5.65. The Bertz CT molecular complexity index is 698. The summed E-state index contributed by atoms with van der Waals surface area (Å²) in [6, 6.07) is 12.5. The standard InChI is InChI=1S/C15H15N3/c1-10-2-3-13-12(6-10)8-15(18-13)14-7-11(9-16)4-5-17-14/h2-8,18H,9,16H2,1H3. The van der Waals surface area contributed by atoms with Crippen molar-refractivity contribution in [2.24, 2.45) is 5.73 Å². The smallest absolute Gasteiger partial charge is 0.0867 e. The summed E-state index contributed by atoms with van der Waals surface area (Å²) in [4.78, 5) is 7.78. The highest BCUT2D eigenvalue weighted by atomic mass is 14.8. The normalized spacial score (nSPS) is 11.0. The Morgan fingerprint density at radius 3 is 2.89 bits per heavy atom. The molecule has 18 heavy (non-hydrogen) atoms. The first-order valence-corrected chi connectivity index (χ1v) is 6.01. The van der Waals surface area contributed by atoms with E-state index in [1.165, 1.54) is 10.9 Å². The fraction of sp³-hybridized carbons (Fsp3) is 0.133. The van der Waals surface area contributed by atoms with Crippen molar-refractivity contribution in [2.75, 3.05) is 0 Å². The number of rotatable bonds is 2. The van der Waals surface area contributed by atoms with Crippen molar-refractivity contribution in [3.05, 3.63) is 53.7 Å². The summed E-state index contributed by atoms with van der Waals surface area (Å²) >= 11 is 0. The molecule has 0 fully saturated rings. The quantitative estimate of drug-likeness (QED) is 0.720. The lowest BCUT2D eigenvalue weighted by molar-refractivity contribution is 1.06. The number of hydrogen-bond donors (Lipinski definition) is 2. The molecule has 0 aliphatic carbocycles. The molecule has 3 rings (SSSR count). The predicted octanol–water partition coefficient (Wildman–Crippen LogP) is 3.00. The van der Waals surface area contributed by atoms with E-state index in [0.29, 0.717) is 6.54 Å². The number of nitrogens with one attached hydrogen (secondary N) is 1. The molecular formula is C15H15N3. The van der Waals surface area contributed by atoms with Crippen LogP contribution in [0.25, 0.3) is 22.3 Å². The third-order valence-electron chi connectivity index (χ3n) is 3.11. The van der Waals surface area contributed by atoms with Crippen molar-refractivity contribution < 1.29 is 0 Å². The Morgan fingerprint density at radius 2 is 2.06 bits per heavy atom. The monoisotopic (exact) mass is 237 g/mol. The molecule has 0 amide bonds. The zero-order chi connectivity index (χ0) is 12.5. The predicted molar refractivity (Wildman–Crippen MR) is 74.2 cm³/mol. The molecule has 1 aromatic carbocycles. The lowest BCUT2D eigenvalue weighted by Gasteiger charge is -1.99. The van der Waals surface area contributed by atoms with Gasteiger partial charge >= 0.3 is 0 Å². The molecule has 3 nitrogen and oxygen atoms in total. The summed E-state index contributed by atoms with van der Waals surface area (Å²) in [5, 5.41) is 1.21. The minimum atomic E-state index is 0.537. The highest BCUT2D eigenvalue weighted by Crippen LogP contribution is 2.23. The van der Waals surface area contributed by atoms with Gasteiger partial charge in [-0.15, -0.1) is 0 Å². The van der Waals surface area contributed by atoms with Crippen LogP contribution in [0.1, 0.15) is 11.1 Å². The molecule has 3 aromatic rings. The topological polar surface area (TPSA) is 54.7 Å². The van der Waals surface area contributed by atoms with Gasteiger partial charge < -0.3 is 10.7 Å². The van der Waals surface area contributed by atoms with Gasteiger partial charge in [0.15, 0.2) is 0 Å². The molecule has 0 saturated carbocycles. The van der Waals surface area contributed by atoms with Crippen LogP contribution in [0.2, 0.25) is 0 Å². The van der Waals surface area contributed by atoms with Crippen molar-refractivity contribution in [3.8, 4) is 11.4 Å². The summed E-state index contributed by atoms with van der Waals surface area (Å²) in [6.07, 6.45) is 1.80. The van der Waals surface area contributed by atoms with Crippen LogP contribution in [-0.2, 0) is 6.54 Å². The summed E-state index contributed by atoms with van der Waals surface area (Å²) in [6.45, 7) is 2.63. The Balaban J connectivity index is 2.13. The fourth-order valence-corrected chi connectivity index (χ4v) is 2.14. The number of nitrogens with two attached hydrogens (primary N) is 1. The first kappa shape index (κ1) is 11.0. The van der Waals surface area contributed by atoms with Crippen LogP contribution in [0.5, 0.6) is 0 Å². The SMILES string of the molecule is Cc1ccc2[nH]c(-c3cc(CN)ccn3)cc2c1. The van der Waals surface area contributed by atoms with Crippen molar-refractivity contribution >= 4 is 10.9 Å². The number of hydrogen-bond acceptors (Lipinski definition) is 2. The van der Waals surface area contributed by atoms with E-state index in [0.717, 1.165) is 22.5 Å². The maximum Gasteiger partial charge on any atom is 0.0867 e. The first-order valence-electron chi connectivity index (χ1n) is 6.01. The van der Waals surface area contributed by atoms with Crippen molar-refractivity contribution in [2.45, 2.75) is 13.5 Å². The van der Waals surface area contributed by atoms with E-state index in [1.54, 1.807) is 6.20 Å². The number of aryl methyl sites for hydroxylation is 1. The molecule has 0 aliphatic heterocycles. The zero-order valence-electron chi connectivity index (χ0n) is 10.3. The third-order valence-corrected chi connectivity index (χ3v) is 3.11. The lowest BCUT2D eigenvalue weighted by Crippen LogP contribution is -1.97. The van der Waals surface area contributed by atoms with Crippen LogP contribution in [-0.4, -0.2) is 9.97 Å². The summed E-state index contributed by atoms with van der Waals surface area (Å²) in [7, 11) is 0. The molecule has 0 bridgehead atoms. The highest BCUT2D eigenvalue weighted by molar-refractivity contribution is 5.85. The van der Waals surface area contributed by atoms with Gasteiger partial charge in [-0.3, -0.25) is 4.98 Å². The molecule has 2 heterocycles. The number of fused-ring (bicyclic) bond motifs is 1. The van der Waals surface area contributed by atoms with Gasteiger partial charge in [-0.25, -0.2) is 0 Å². The van der Waals surface area contributed by atoms with Gasteiger partial charge in [-0.1, -0.05) is 11.6 Å². The van der Waals surface area contributed by atoms with E-state index < -0.39 is 0 Å². The van der Waals surface area contributed by atoms with Crippen LogP contribution < -0.4 is 5.73 Å². The van der Waals surface area contributed by atoms with Crippen LogP contribution in [0, 0.1) is 6.92 Å². The summed E-state index contributed by atoms with van der Waals surface area (Å²) in [5.74, 6) is 0. The number of pyridine rings is 1. The molecule has 2 aromatic heterocycles. The fourth-order valence-electron chi connectivity index (χ4n) is 2.14. The second-order valence-corrected chi connectivity index (χ2v) is 4.53. The Morgan fingerprint density at radius 1 is 1.17 bits per heavy atom. The van der Waals surface area contributed by atoms with E-state index in [2.05, 4.69) is 41.2 Å². The van der Waals surface area contributed by atoms with Gasteiger partial charge in [0.25, 0.3) is 0 Å². The van der Waals surface area contributed by atoms with E-state index in [9.17, 15) is 0 Å². The molecule has 3 heteroatoms. The molecule has 0 spiro atoms. The number of H-pyrrole nitrogens is 1. The van der Waals surface area contributed by atoms with Gasteiger partial charge in [-0.05, 0) is 42.8 Å². The molecule has 3 N–H and O–H groups in total. The first-order chi connectivity index (χ1) is 8.76. The molecule has 0 radical (unpaired) electrons. The van der Waals surface area contributed by atoms with Crippen LogP contribution >= 0.6 is 0 Å². The number of benzene rings is 1. The highest BCUT2D eigenvalue weighted by Gasteiger charge is 2.05. The molecule has 0 unspecified atom stereocenters. The van der Waals surface area contributed by atoms with E-state index in [1.807, 2.05) is 12.1 Å². The zero-order valence-corrected chi connectivity index (χ0v) is 10.3. The second kappa shape index (κ2) is 4.27. The largest absolute Gasteiger partial charge is 0.353 e. The van der Waals surface area contributed by atoms with E-state index >= 15 is 0 Å². The number of nitrogens with zero attached hydrogens (tertiary/aromatic N) is 1. The Hall–Kier alpha value is -2.13. The van der Waals surface area contributed by atoms with Crippen LogP contribution in [0.15, 0.2) is 42.6 Å². The minimum Gasteiger partial charge on any atom is -0.353 e. The van der Waals surface area contributed by atoms with Crippen LogP contribution in [0.3, 0.4) is 0 Å². The van der Waals surface area contributed by atoms with E-state index in [4.69, 9.17) is 5.73 Å². The average Bonchev–Trinajstić information content (AvgIpc) is 2.81.